The molecule has 0 spiro atoms. The minimum atomic E-state index is 0.256. The van der Waals surface area contributed by atoms with Gasteiger partial charge in [0.2, 0.25) is 11.8 Å². The van der Waals surface area contributed by atoms with Gasteiger partial charge in [0.15, 0.2) is 0 Å². The van der Waals surface area contributed by atoms with Crippen molar-refractivity contribution in [3.8, 4) is 0 Å². The summed E-state index contributed by atoms with van der Waals surface area (Å²) in [6.45, 7) is 4.91. The number of thioether (sulfide) groups is 1. The number of pyridine rings is 1. The quantitative estimate of drug-likeness (QED) is 0.699. The number of carbonyl (C=O) groups excluding carboxylic acids is 2. The Hall–Kier alpha value is -1.76. The van der Waals surface area contributed by atoms with Crippen LogP contribution in [0.2, 0.25) is 0 Å². The summed E-state index contributed by atoms with van der Waals surface area (Å²) in [5.41, 5.74) is 0. The highest BCUT2D eigenvalue weighted by atomic mass is 32.2. The molecule has 2 saturated heterocycles. The zero-order valence-electron chi connectivity index (χ0n) is 16.9. The van der Waals surface area contributed by atoms with Crippen molar-refractivity contribution < 1.29 is 9.59 Å². The monoisotopic (exact) mass is 404 g/mol. The summed E-state index contributed by atoms with van der Waals surface area (Å²) >= 11 is 1.72. The van der Waals surface area contributed by atoms with Gasteiger partial charge >= 0.3 is 0 Å². The van der Waals surface area contributed by atoms with Gasteiger partial charge in [-0.15, -0.1) is 0 Å². The second-order valence-corrected chi connectivity index (χ2v) is 8.67. The van der Waals surface area contributed by atoms with Crippen molar-refractivity contribution in [2.24, 2.45) is 5.92 Å². The van der Waals surface area contributed by atoms with Gasteiger partial charge in [0, 0.05) is 64.1 Å². The lowest BCUT2D eigenvalue weighted by atomic mass is 9.93. The lowest BCUT2D eigenvalue weighted by molar-refractivity contribution is -0.133. The first-order valence-electron chi connectivity index (χ1n) is 10.4. The molecule has 7 heteroatoms. The number of hydrogen-bond acceptors (Lipinski definition) is 5. The number of rotatable bonds is 7. The molecule has 1 unspecified atom stereocenters. The molecule has 0 aliphatic carbocycles. The summed E-state index contributed by atoms with van der Waals surface area (Å²) in [6, 6.07) is 5.94. The maximum Gasteiger partial charge on any atom is 0.223 e. The zero-order valence-corrected chi connectivity index (χ0v) is 17.7. The van der Waals surface area contributed by atoms with E-state index in [0.29, 0.717) is 18.8 Å². The van der Waals surface area contributed by atoms with E-state index in [1.807, 2.05) is 40.5 Å². The highest BCUT2D eigenvalue weighted by Gasteiger charge is 2.26. The van der Waals surface area contributed by atoms with Crippen LogP contribution in [-0.2, 0) is 9.59 Å². The van der Waals surface area contributed by atoms with Crippen LogP contribution in [0.5, 0.6) is 0 Å². The van der Waals surface area contributed by atoms with Gasteiger partial charge in [0.1, 0.15) is 5.82 Å². The summed E-state index contributed by atoms with van der Waals surface area (Å²) in [6.07, 6.45) is 8.17. The minimum absolute atomic E-state index is 0.256. The molecule has 3 rings (SSSR count). The Balaban J connectivity index is 1.39. The Morgan fingerprint density at radius 2 is 1.86 bits per heavy atom. The van der Waals surface area contributed by atoms with Crippen LogP contribution in [0.3, 0.4) is 0 Å². The topological polar surface area (TPSA) is 56.8 Å². The molecule has 28 heavy (non-hydrogen) atoms. The average molecular weight is 405 g/mol. The predicted molar refractivity (Wildman–Crippen MR) is 115 cm³/mol. The number of carbonyl (C=O) groups is 2. The molecule has 1 atom stereocenters. The summed E-state index contributed by atoms with van der Waals surface area (Å²) in [5, 5.41) is 0. The largest absolute Gasteiger partial charge is 0.353 e. The lowest BCUT2D eigenvalue weighted by Crippen LogP contribution is -2.49. The highest BCUT2D eigenvalue weighted by molar-refractivity contribution is 7.98. The molecule has 2 amide bonds. The van der Waals surface area contributed by atoms with Crippen LogP contribution in [0.15, 0.2) is 24.4 Å². The molecule has 1 aromatic rings. The Morgan fingerprint density at radius 1 is 1.07 bits per heavy atom. The molecule has 0 radical (unpaired) electrons. The number of anilines is 1. The van der Waals surface area contributed by atoms with Gasteiger partial charge in [0.25, 0.3) is 0 Å². The summed E-state index contributed by atoms with van der Waals surface area (Å²) in [5.74, 6) is 2.87. The Morgan fingerprint density at radius 3 is 2.57 bits per heavy atom. The average Bonchev–Trinajstić information content (AvgIpc) is 2.76. The van der Waals surface area contributed by atoms with E-state index in [-0.39, 0.29) is 11.8 Å². The number of aromatic nitrogens is 1. The van der Waals surface area contributed by atoms with E-state index in [1.54, 1.807) is 11.8 Å². The zero-order chi connectivity index (χ0) is 19.8. The molecule has 0 bridgehead atoms. The van der Waals surface area contributed by atoms with Gasteiger partial charge < -0.3 is 14.7 Å². The standard InChI is InChI=1S/C21H32N4O2S/c1-28-16-9-21(27)25-11-4-5-18(17-25)7-8-20(26)24-14-12-23(13-15-24)19-6-2-3-10-22-19/h2-3,6,10,18H,4-5,7-9,11-17H2,1H3. The fourth-order valence-corrected chi connectivity index (χ4v) is 4.46. The van der Waals surface area contributed by atoms with E-state index in [4.69, 9.17) is 0 Å². The second kappa shape index (κ2) is 10.7. The number of hydrogen-bond donors (Lipinski definition) is 0. The highest BCUT2D eigenvalue weighted by Crippen LogP contribution is 2.23. The minimum Gasteiger partial charge on any atom is -0.353 e. The predicted octanol–water partition coefficient (Wildman–Crippen LogP) is 2.50. The normalized spacial score (nSPS) is 20.3. The molecular formula is C21H32N4O2S. The van der Waals surface area contributed by atoms with Gasteiger partial charge in [-0.05, 0) is 43.6 Å². The van der Waals surface area contributed by atoms with E-state index in [0.717, 1.165) is 70.1 Å². The Kier molecular flexibility index (Phi) is 8.01. The van der Waals surface area contributed by atoms with Gasteiger partial charge in [-0.3, -0.25) is 9.59 Å². The van der Waals surface area contributed by atoms with Crippen LogP contribution in [0, 0.1) is 5.92 Å². The van der Waals surface area contributed by atoms with Gasteiger partial charge in [-0.1, -0.05) is 6.07 Å². The molecule has 2 aliphatic heterocycles. The number of nitrogens with zero attached hydrogens (tertiary/aromatic N) is 4. The molecule has 3 heterocycles. The second-order valence-electron chi connectivity index (χ2n) is 7.69. The number of likely N-dealkylation sites (tertiary alicyclic amines) is 1. The van der Waals surface area contributed by atoms with Crippen molar-refractivity contribution in [1.82, 2.24) is 14.8 Å². The number of piperazine rings is 1. The maximum atomic E-state index is 12.6. The third-order valence-corrected chi connectivity index (χ3v) is 6.38. The summed E-state index contributed by atoms with van der Waals surface area (Å²) in [7, 11) is 0. The first-order chi connectivity index (χ1) is 13.7. The summed E-state index contributed by atoms with van der Waals surface area (Å²) in [4.78, 5) is 35.6. The van der Waals surface area contributed by atoms with E-state index in [1.165, 1.54) is 0 Å². The van der Waals surface area contributed by atoms with Crippen LogP contribution < -0.4 is 4.90 Å². The van der Waals surface area contributed by atoms with Crippen LogP contribution >= 0.6 is 11.8 Å². The van der Waals surface area contributed by atoms with Crippen LogP contribution in [-0.4, -0.2) is 77.9 Å². The fourth-order valence-electron chi connectivity index (χ4n) is 4.09. The van der Waals surface area contributed by atoms with Crippen molar-refractivity contribution >= 4 is 29.4 Å². The van der Waals surface area contributed by atoms with E-state index in [2.05, 4.69) is 9.88 Å². The maximum absolute atomic E-state index is 12.6. The molecule has 0 aromatic carbocycles. The molecule has 0 N–H and O–H groups in total. The fraction of sp³-hybridized carbons (Fsp3) is 0.667. The van der Waals surface area contributed by atoms with Gasteiger partial charge in [-0.25, -0.2) is 4.98 Å². The van der Waals surface area contributed by atoms with Crippen molar-refractivity contribution in [2.45, 2.75) is 32.1 Å². The van der Waals surface area contributed by atoms with Crippen molar-refractivity contribution in [1.29, 1.82) is 0 Å². The van der Waals surface area contributed by atoms with Crippen molar-refractivity contribution in [2.75, 3.05) is 56.2 Å². The smallest absolute Gasteiger partial charge is 0.223 e. The molecular weight excluding hydrogens is 372 g/mol. The van der Waals surface area contributed by atoms with Crippen molar-refractivity contribution in [3.05, 3.63) is 24.4 Å². The SMILES string of the molecule is CSCCC(=O)N1CCCC(CCC(=O)N2CCN(c3ccccn3)CC2)C1. The Labute approximate surface area is 172 Å². The molecule has 6 nitrogen and oxygen atoms in total. The van der Waals surface area contributed by atoms with E-state index in [9.17, 15) is 9.59 Å². The first-order valence-corrected chi connectivity index (χ1v) is 11.8. The van der Waals surface area contributed by atoms with E-state index >= 15 is 0 Å². The molecule has 1 aromatic heterocycles. The van der Waals surface area contributed by atoms with Gasteiger partial charge in [0.05, 0.1) is 0 Å². The van der Waals surface area contributed by atoms with Crippen LogP contribution in [0.25, 0.3) is 0 Å². The summed E-state index contributed by atoms with van der Waals surface area (Å²) < 4.78 is 0. The van der Waals surface area contributed by atoms with E-state index < -0.39 is 0 Å². The molecule has 2 fully saturated rings. The molecule has 0 saturated carbocycles. The first kappa shape index (κ1) is 21.0. The third-order valence-electron chi connectivity index (χ3n) is 5.76. The lowest BCUT2D eigenvalue weighted by Gasteiger charge is -2.36. The third kappa shape index (κ3) is 5.87. The van der Waals surface area contributed by atoms with Crippen molar-refractivity contribution in [3.63, 3.8) is 0 Å². The van der Waals surface area contributed by atoms with Crippen LogP contribution in [0.1, 0.15) is 32.1 Å². The Bertz CT molecular complexity index is 635. The molecule has 154 valence electrons. The van der Waals surface area contributed by atoms with Crippen LogP contribution in [0.4, 0.5) is 5.82 Å². The molecule has 2 aliphatic rings. The number of piperidine rings is 1. The van der Waals surface area contributed by atoms with Gasteiger partial charge in [-0.2, -0.15) is 11.8 Å². The number of amides is 2.